The minimum absolute atomic E-state index is 0. The maximum atomic E-state index is 10.5. The van der Waals surface area contributed by atoms with Crippen LogP contribution in [0.15, 0.2) is 316 Å². The fraction of sp³-hybridized carbons (Fsp3) is 0.0353. The molecule has 0 spiro atoms. The molecule has 3 aliphatic rings. The van der Waals surface area contributed by atoms with Gasteiger partial charge in [0.1, 0.15) is 34.7 Å². The minimum Gasteiger partial charge on any atom is -0.506 e. The molecule has 0 atom stereocenters. The number of hydrogen-bond donors (Lipinski definition) is 3. The second-order valence-electron chi connectivity index (χ2n) is 24.0. The zero-order valence-corrected chi connectivity index (χ0v) is 61.8. The van der Waals surface area contributed by atoms with Crippen LogP contribution in [0.4, 0.5) is 45.6 Å². The molecule has 0 unspecified atom stereocenters. The molecule has 0 amide bonds. The summed E-state index contributed by atoms with van der Waals surface area (Å²) >= 11 is 0. The SMILES string of the molecule is Oc1ccccc1N1C=CN(Cc2cccc(-n3c4[c-]cccc4c4ccccc43)n2)[CH-]1.Oc1ccccc1N1C=CN(Cc2cccc(N(c3[c-]cccc3)c3ccccc3)n2)[CH-]1.Oc1ccccc1N1[CH-]N(Cc2cccc(-n3c4[c-]cccc4c4ccccc43)n2)c2ccccc21.[Pt+2].[Pt+2].[Pt+2]. The summed E-state index contributed by atoms with van der Waals surface area (Å²) in [5.74, 6) is 3.30. The number of fused-ring (bicyclic) bond motifs is 7. The van der Waals surface area contributed by atoms with Crippen molar-refractivity contribution in [2.75, 3.05) is 24.5 Å². The number of benzene rings is 10. The van der Waals surface area contributed by atoms with Crippen LogP contribution in [0.5, 0.6) is 17.2 Å². The average molecular weight is 1890 g/mol. The van der Waals surface area contributed by atoms with Gasteiger partial charge in [-0.2, -0.15) is 86.1 Å². The number of phenolic OH excluding ortho intramolecular Hbond substituents is 3. The van der Waals surface area contributed by atoms with Crippen molar-refractivity contribution in [1.29, 1.82) is 0 Å². The first-order chi connectivity index (χ1) is 49.3. The molecule has 18 rings (SSSR count). The summed E-state index contributed by atoms with van der Waals surface area (Å²) in [6, 6.07) is 106. The molecule has 0 fully saturated rings. The standard InChI is InChI=1S/C31H22N4O.C27H20N4O.C27H22N4O.3Pt/c36-30-18-8-7-17-29(30)34-21-33(27-15-5-6-16-28(27)34)20-22-10-9-19-31(32-22)35-25-13-3-1-11-23(25)24-12-2-4-14-26(24)35;32-26-14-6-5-13-25(26)30-17-16-29(19-30)18-20-8-7-15-27(28-20)31-23-11-3-1-9-21(23)22-10-2-4-12-24(22)31;32-26-16-8-7-15-25(26)30-19-18-29(21-30)20-22-10-9-17-27(28-22)31(23-11-3-1-4-12-23)24-13-5-2-6-14-24;;;/h1-13,15-19,21,36H,20H2;1-11,13-17,19,32H,18H2;1-13,15-19,21,32H,20H2;;;/q3*-2;3*+2. The van der Waals surface area contributed by atoms with Gasteiger partial charge in [0.15, 0.2) is 0 Å². The monoisotopic (exact) mass is 1890 g/mol. The van der Waals surface area contributed by atoms with Gasteiger partial charge in [-0.05, 0) is 145 Å². The summed E-state index contributed by atoms with van der Waals surface area (Å²) < 4.78 is 4.36. The Morgan fingerprint density at radius 3 is 1.31 bits per heavy atom. The Morgan fingerprint density at radius 1 is 0.340 bits per heavy atom. The van der Waals surface area contributed by atoms with Gasteiger partial charge < -0.3 is 58.8 Å². The van der Waals surface area contributed by atoms with Crippen LogP contribution in [-0.2, 0) is 82.8 Å². The fourth-order valence-corrected chi connectivity index (χ4v) is 13.0. The third kappa shape index (κ3) is 14.7. The quantitative estimate of drug-likeness (QED) is 0.0894. The molecule has 8 heterocycles. The smallest absolute Gasteiger partial charge is 0.506 e. The van der Waals surface area contributed by atoms with Crippen molar-refractivity contribution in [1.82, 2.24) is 33.9 Å². The van der Waals surface area contributed by atoms with Gasteiger partial charge in [-0.15, -0.1) is 23.5 Å². The molecule has 10 aromatic carbocycles. The second-order valence-corrected chi connectivity index (χ2v) is 24.0. The first-order valence-electron chi connectivity index (χ1n) is 32.8. The van der Waals surface area contributed by atoms with Gasteiger partial charge in [-0.3, -0.25) is 0 Å². The van der Waals surface area contributed by atoms with E-state index in [1.54, 1.807) is 18.2 Å². The molecule has 15 nitrogen and oxygen atoms in total. The van der Waals surface area contributed by atoms with Gasteiger partial charge in [-0.1, -0.05) is 138 Å². The molecule has 103 heavy (non-hydrogen) atoms. The van der Waals surface area contributed by atoms with Gasteiger partial charge >= 0.3 is 63.2 Å². The van der Waals surface area contributed by atoms with Crippen molar-refractivity contribution >= 4 is 89.2 Å². The van der Waals surface area contributed by atoms with Gasteiger partial charge in [0.05, 0.1) is 34.1 Å². The van der Waals surface area contributed by atoms with E-state index in [1.807, 2.05) is 240 Å². The first-order valence-corrected chi connectivity index (χ1v) is 32.8. The van der Waals surface area contributed by atoms with Crippen LogP contribution in [0.2, 0.25) is 0 Å². The molecule has 0 saturated carbocycles. The van der Waals surface area contributed by atoms with Crippen LogP contribution in [0.3, 0.4) is 0 Å². The number of aromatic hydroxyl groups is 3. The van der Waals surface area contributed by atoms with E-state index in [0.717, 1.165) is 96.4 Å². The molecule has 0 bridgehead atoms. The Hall–Kier alpha value is -11.2. The van der Waals surface area contributed by atoms with Crippen LogP contribution in [0.25, 0.3) is 55.2 Å². The Morgan fingerprint density at radius 2 is 0.777 bits per heavy atom. The van der Waals surface area contributed by atoms with Gasteiger partial charge in [-0.25, -0.2) is 15.0 Å². The van der Waals surface area contributed by atoms with Crippen LogP contribution in [0.1, 0.15) is 17.1 Å². The van der Waals surface area contributed by atoms with Crippen molar-refractivity contribution in [3.8, 4) is 28.9 Å². The average Bonchev–Trinajstić information content (AvgIpc) is 1.61. The van der Waals surface area contributed by atoms with Crippen molar-refractivity contribution in [3.63, 3.8) is 0 Å². The maximum absolute atomic E-state index is 10.5. The van der Waals surface area contributed by atoms with Gasteiger partial charge in [0.25, 0.3) is 0 Å². The number of hydrogen-bond acceptors (Lipinski definition) is 13. The third-order valence-corrected chi connectivity index (χ3v) is 17.6. The number of pyridine rings is 3. The molecule has 0 radical (unpaired) electrons. The Balaban J connectivity index is 0.000000136. The molecule has 18 heteroatoms. The Kier molecular flexibility index (Phi) is 21.7. The van der Waals surface area contributed by atoms with Crippen LogP contribution in [0, 0.1) is 38.2 Å². The second kappa shape index (κ2) is 31.8. The van der Waals surface area contributed by atoms with Crippen LogP contribution in [-0.4, -0.2) is 49.2 Å². The molecule has 3 N–H and O–H groups in total. The summed E-state index contributed by atoms with van der Waals surface area (Å²) in [7, 11) is 0. The van der Waals surface area contributed by atoms with E-state index in [4.69, 9.17) is 15.0 Å². The Labute approximate surface area is 640 Å². The van der Waals surface area contributed by atoms with E-state index in [9.17, 15) is 15.3 Å². The fourth-order valence-electron chi connectivity index (χ4n) is 13.0. The summed E-state index contributed by atoms with van der Waals surface area (Å²) in [5.41, 5.74) is 13.4. The summed E-state index contributed by atoms with van der Waals surface area (Å²) in [5, 5.41) is 35.5. The van der Waals surface area contributed by atoms with Crippen LogP contribution < -0.4 is 24.5 Å². The predicted molar refractivity (Wildman–Crippen MR) is 399 cm³/mol. The summed E-state index contributed by atoms with van der Waals surface area (Å²) in [4.78, 5) is 29.2. The molecular formula is C85H64N12O3Pt3. The first kappa shape index (κ1) is 70.2. The van der Waals surface area contributed by atoms with Crippen molar-refractivity contribution in [3.05, 3.63) is 371 Å². The van der Waals surface area contributed by atoms with Crippen molar-refractivity contribution in [2.24, 2.45) is 0 Å². The van der Waals surface area contributed by atoms with E-state index in [1.165, 1.54) is 21.5 Å². The van der Waals surface area contributed by atoms with Gasteiger partial charge in [0, 0.05) is 47.7 Å². The molecule has 0 aliphatic carbocycles. The summed E-state index contributed by atoms with van der Waals surface area (Å²) in [6.07, 6.45) is 7.81. The van der Waals surface area contributed by atoms with Crippen LogP contribution >= 0.6 is 0 Å². The van der Waals surface area contributed by atoms with Gasteiger partial charge in [0.2, 0.25) is 0 Å². The minimum atomic E-state index is 0. The van der Waals surface area contributed by atoms with Crippen molar-refractivity contribution < 1.29 is 78.5 Å². The zero-order chi connectivity index (χ0) is 67.3. The van der Waals surface area contributed by atoms with E-state index in [0.29, 0.717) is 19.6 Å². The number of rotatable bonds is 14. The zero-order valence-electron chi connectivity index (χ0n) is 55.0. The number of phenols is 3. The maximum Gasteiger partial charge on any atom is 2.00 e. The van der Waals surface area contributed by atoms with Crippen molar-refractivity contribution in [2.45, 2.75) is 19.6 Å². The Bertz CT molecular complexity index is 5360. The summed E-state index contributed by atoms with van der Waals surface area (Å²) in [6.45, 7) is 7.75. The third-order valence-electron chi connectivity index (χ3n) is 17.6. The number of aromatic nitrogens is 5. The molecule has 512 valence electrons. The normalized spacial score (nSPS) is 12.7. The molecule has 3 aliphatic heterocycles. The molecule has 0 saturated heterocycles. The number of para-hydroxylation sites is 14. The predicted octanol–water partition coefficient (Wildman–Crippen LogP) is 18.5. The number of nitrogens with zero attached hydrogens (tertiary/aromatic N) is 12. The van der Waals surface area contributed by atoms with E-state index in [-0.39, 0.29) is 80.4 Å². The molecular weight excluding hydrogens is 1820 g/mol. The van der Waals surface area contributed by atoms with E-state index in [2.05, 4.69) is 139 Å². The topological polar surface area (TPSA) is 132 Å². The largest absolute Gasteiger partial charge is 2.00 e. The van der Waals surface area contributed by atoms with E-state index < -0.39 is 0 Å². The number of anilines is 8. The molecule has 5 aromatic heterocycles. The van der Waals surface area contributed by atoms with E-state index >= 15 is 0 Å². The molecule has 15 aromatic rings.